The van der Waals surface area contributed by atoms with Crippen LogP contribution in [-0.4, -0.2) is 22.4 Å². The van der Waals surface area contributed by atoms with Gasteiger partial charge in [-0.3, -0.25) is 0 Å². The number of rotatable bonds is 8. The summed E-state index contributed by atoms with van der Waals surface area (Å²) in [5, 5.41) is 15.9. The molecule has 0 amide bonds. The Balaban J connectivity index is 1.33. The van der Waals surface area contributed by atoms with Crippen LogP contribution in [0.5, 0.6) is 0 Å². The second-order valence-corrected chi connectivity index (χ2v) is 9.20. The van der Waals surface area contributed by atoms with E-state index in [-0.39, 0.29) is 0 Å². The van der Waals surface area contributed by atoms with Crippen LogP contribution in [-0.2, 0) is 6.54 Å². The Morgan fingerprint density at radius 2 is 1.69 bits per heavy atom. The van der Waals surface area contributed by atoms with Crippen LogP contribution in [0, 0.1) is 0 Å². The largest absolute Gasteiger partial charge is 0.366 e. The van der Waals surface area contributed by atoms with Gasteiger partial charge in [0.1, 0.15) is 19.5 Å². The molecule has 6 nitrogen and oxygen atoms in total. The lowest BCUT2D eigenvalue weighted by Crippen LogP contribution is -2.10. The van der Waals surface area contributed by atoms with Crippen molar-refractivity contribution in [2.24, 2.45) is 0 Å². The van der Waals surface area contributed by atoms with Crippen LogP contribution in [0.3, 0.4) is 0 Å². The molecular weight excluding hydrogens is 490 g/mol. The van der Waals surface area contributed by atoms with Gasteiger partial charge in [0, 0.05) is 45.8 Å². The highest BCUT2D eigenvalue weighted by molar-refractivity contribution is 6.36. The van der Waals surface area contributed by atoms with Crippen LogP contribution >= 0.6 is 23.2 Å². The van der Waals surface area contributed by atoms with E-state index in [9.17, 15) is 0 Å². The third-order valence-electron chi connectivity index (χ3n) is 5.63. The van der Waals surface area contributed by atoms with Gasteiger partial charge in [-0.1, -0.05) is 60.1 Å². The smallest absolute Gasteiger partial charge is 0.151 e. The molecule has 0 saturated carbocycles. The number of hydrogen-bond acceptors (Lipinski definition) is 5. The first-order valence-corrected chi connectivity index (χ1v) is 12.1. The zero-order valence-electron chi connectivity index (χ0n) is 19.6. The van der Waals surface area contributed by atoms with Crippen molar-refractivity contribution in [2.75, 3.05) is 16.0 Å². The van der Waals surface area contributed by atoms with Crippen LogP contribution in [0.2, 0.25) is 10.0 Å². The molecule has 3 N–H and O–H groups in total. The van der Waals surface area contributed by atoms with Crippen molar-refractivity contribution in [3.63, 3.8) is 0 Å². The molecule has 0 fully saturated rings. The Labute approximate surface area is 220 Å². The summed E-state index contributed by atoms with van der Waals surface area (Å²) in [5.74, 6) is 1.49. The zero-order valence-corrected chi connectivity index (χ0v) is 21.1. The molecule has 5 aromatic rings. The zero-order chi connectivity index (χ0) is 25.1. The molecule has 0 aliphatic carbocycles. The average Bonchev–Trinajstić information content (AvgIpc) is 3.25. The fourth-order valence-corrected chi connectivity index (χ4v) is 4.23. The highest BCUT2D eigenvalue weighted by Crippen LogP contribution is 2.28. The molecule has 0 atom stereocenters. The molecule has 0 bridgehead atoms. The third kappa shape index (κ3) is 5.32. The van der Waals surface area contributed by atoms with Gasteiger partial charge in [0.05, 0.1) is 5.69 Å². The van der Waals surface area contributed by atoms with E-state index in [0.29, 0.717) is 22.4 Å². The van der Waals surface area contributed by atoms with Crippen molar-refractivity contribution in [3.05, 3.63) is 113 Å². The van der Waals surface area contributed by atoms with Gasteiger partial charge in [-0.05, 0) is 53.5 Å². The Bertz CT molecular complexity index is 1550. The quantitative estimate of drug-likeness (QED) is 0.237. The van der Waals surface area contributed by atoms with E-state index in [2.05, 4.69) is 39.8 Å². The summed E-state index contributed by atoms with van der Waals surface area (Å²) in [6.45, 7) is 4.66. The molecule has 0 radical (unpaired) electrons. The second kappa shape index (κ2) is 10.4. The number of fused-ring (bicyclic) bond motifs is 1. The Hall–Kier alpha value is -3.94. The van der Waals surface area contributed by atoms with Gasteiger partial charge in [0.2, 0.25) is 0 Å². The van der Waals surface area contributed by atoms with E-state index in [0.717, 1.165) is 45.1 Å². The maximum atomic E-state index is 6.46. The number of hydrogen-bond donors (Lipinski definition) is 3. The minimum Gasteiger partial charge on any atom is -0.366 e. The van der Waals surface area contributed by atoms with Crippen molar-refractivity contribution < 1.29 is 0 Å². The van der Waals surface area contributed by atoms with Crippen LogP contribution < -0.4 is 21.4 Å². The topological polar surface area (TPSA) is 66.3 Å². The number of halogens is 2. The lowest BCUT2D eigenvalue weighted by atomic mass is 10.0. The predicted octanol–water partition coefficient (Wildman–Crippen LogP) is 5.57. The van der Waals surface area contributed by atoms with Crippen molar-refractivity contribution in [1.29, 1.82) is 0 Å². The van der Waals surface area contributed by atoms with Crippen LogP contribution in [0.4, 0.5) is 17.2 Å². The fraction of sp³-hybridized carbons (Fsp3) is 0.0370. The highest BCUT2D eigenvalue weighted by Gasteiger charge is 2.12. The van der Waals surface area contributed by atoms with E-state index in [4.69, 9.17) is 28.2 Å². The van der Waals surface area contributed by atoms with E-state index in [1.807, 2.05) is 85.3 Å². The summed E-state index contributed by atoms with van der Waals surface area (Å²) >= 11 is 12.4. The Morgan fingerprint density at radius 1 is 0.917 bits per heavy atom. The molecule has 3 aromatic carbocycles. The van der Waals surface area contributed by atoms with Gasteiger partial charge < -0.3 is 16.0 Å². The summed E-state index contributed by atoms with van der Waals surface area (Å²) in [6.07, 6.45) is 1.81. The van der Waals surface area contributed by atoms with Crippen molar-refractivity contribution in [1.82, 2.24) is 14.6 Å². The molecule has 0 spiro atoms. The molecule has 2 aromatic heterocycles. The second-order valence-electron chi connectivity index (χ2n) is 8.36. The van der Waals surface area contributed by atoms with Crippen molar-refractivity contribution in [3.8, 4) is 11.3 Å². The van der Waals surface area contributed by atoms with Crippen molar-refractivity contribution >= 4 is 59.4 Å². The van der Waals surface area contributed by atoms with E-state index < -0.39 is 0 Å². The minimum atomic E-state index is 0.590. The molecule has 178 valence electrons. The fourth-order valence-electron chi connectivity index (χ4n) is 3.87. The molecule has 0 saturated heterocycles. The molecule has 0 aliphatic heterocycles. The standard InChI is InChI=1S/C27H23BCl2N6/c1-17(33-20-11-9-19(29)10-12-20)34-21-6-4-5-18(13-21)15-31-26-14-25(22-7-2-3-8-24(22)30)35-27-23(28)16-32-36(26)27/h2-14,16,31,33-34H,1,15,28H2. The summed E-state index contributed by atoms with van der Waals surface area (Å²) in [7, 11) is 2.00. The van der Waals surface area contributed by atoms with Crippen LogP contribution in [0.25, 0.3) is 16.9 Å². The number of aromatic nitrogens is 3. The number of benzene rings is 3. The molecule has 2 heterocycles. The summed E-state index contributed by atoms with van der Waals surface area (Å²) in [4.78, 5) is 4.81. The predicted molar refractivity (Wildman–Crippen MR) is 153 cm³/mol. The van der Waals surface area contributed by atoms with Gasteiger partial charge in [-0.15, -0.1) is 0 Å². The third-order valence-corrected chi connectivity index (χ3v) is 6.21. The number of nitrogens with one attached hydrogen (secondary N) is 3. The van der Waals surface area contributed by atoms with E-state index in [1.165, 1.54) is 0 Å². The molecule has 0 aliphatic rings. The number of anilines is 3. The average molecular weight is 513 g/mol. The molecule has 36 heavy (non-hydrogen) atoms. The SMILES string of the molecule is Bc1cnn2c(NCc3cccc(NC(=C)Nc4ccc(Cl)cc4)c3)cc(-c3ccccc3Cl)nc12. The van der Waals surface area contributed by atoms with Gasteiger partial charge >= 0.3 is 0 Å². The van der Waals surface area contributed by atoms with Gasteiger partial charge in [0.25, 0.3) is 0 Å². The van der Waals surface area contributed by atoms with Crippen molar-refractivity contribution in [2.45, 2.75) is 6.54 Å². The first kappa shape index (κ1) is 23.8. The highest BCUT2D eigenvalue weighted by atomic mass is 35.5. The minimum absolute atomic E-state index is 0.590. The van der Waals surface area contributed by atoms with Crippen LogP contribution in [0.15, 0.2) is 97.5 Å². The number of nitrogens with zero attached hydrogens (tertiary/aromatic N) is 3. The maximum absolute atomic E-state index is 6.46. The molecule has 0 unspecified atom stereocenters. The monoisotopic (exact) mass is 512 g/mol. The van der Waals surface area contributed by atoms with E-state index >= 15 is 0 Å². The van der Waals surface area contributed by atoms with E-state index in [1.54, 1.807) is 0 Å². The normalized spacial score (nSPS) is 10.8. The maximum Gasteiger partial charge on any atom is 0.151 e. The van der Waals surface area contributed by atoms with Gasteiger partial charge in [-0.25, -0.2) is 4.98 Å². The van der Waals surface area contributed by atoms with Gasteiger partial charge in [0.15, 0.2) is 5.65 Å². The Morgan fingerprint density at radius 3 is 2.50 bits per heavy atom. The first-order valence-electron chi connectivity index (χ1n) is 11.4. The lowest BCUT2D eigenvalue weighted by Gasteiger charge is -2.14. The summed E-state index contributed by atoms with van der Waals surface area (Å²) in [6, 6.07) is 25.3. The molecular formula is C27H23BCl2N6. The lowest BCUT2D eigenvalue weighted by molar-refractivity contribution is 0.927. The first-order chi connectivity index (χ1) is 17.5. The summed E-state index contributed by atoms with van der Waals surface area (Å²) in [5.41, 5.74) is 6.36. The van der Waals surface area contributed by atoms with Gasteiger partial charge in [-0.2, -0.15) is 9.61 Å². The molecule has 9 heteroatoms. The Kier molecular flexibility index (Phi) is 6.85. The van der Waals surface area contributed by atoms with Crippen LogP contribution in [0.1, 0.15) is 5.56 Å². The summed E-state index contributed by atoms with van der Waals surface area (Å²) < 4.78 is 1.82. The molecule has 5 rings (SSSR count).